The fraction of sp³-hybridized carbons (Fsp3) is 0.357. The van der Waals surface area contributed by atoms with E-state index in [1.54, 1.807) is 0 Å². The van der Waals surface area contributed by atoms with Crippen LogP contribution in [0.3, 0.4) is 0 Å². The summed E-state index contributed by atoms with van der Waals surface area (Å²) in [6, 6.07) is 19.4. The van der Waals surface area contributed by atoms with Gasteiger partial charge in [-0.2, -0.15) is 0 Å². The molecular formula is C28H30N2O4S. The van der Waals surface area contributed by atoms with Crippen LogP contribution in [0.2, 0.25) is 0 Å². The highest BCUT2D eigenvalue weighted by molar-refractivity contribution is 7.17. The lowest BCUT2D eigenvalue weighted by atomic mass is 10.0. The minimum absolute atomic E-state index is 0.0692. The first-order chi connectivity index (χ1) is 17.1. The smallest absolute Gasteiger partial charge is 0.264 e. The first kappa shape index (κ1) is 23.4. The van der Waals surface area contributed by atoms with Crippen LogP contribution in [0.1, 0.15) is 46.2 Å². The molecule has 0 aliphatic carbocycles. The summed E-state index contributed by atoms with van der Waals surface area (Å²) >= 11 is 1.51. The largest absolute Gasteiger partial charge is 0.486 e. The zero-order valence-electron chi connectivity index (χ0n) is 19.9. The van der Waals surface area contributed by atoms with E-state index in [9.17, 15) is 9.59 Å². The molecule has 5 rings (SSSR count). The van der Waals surface area contributed by atoms with Crippen molar-refractivity contribution >= 4 is 23.2 Å². The second kappa shape index (κ2) is 10.5. The number of likely N-dealkylation sites (tertiary alicyclic amines) is 1. The lowest BCUT2D eigenvalue weighted by Gasteiger charge is -2.38. The highest BCUT2D eigenvalue weighted by atomic mass is 32.1. The molecule has 35 heavy (non-hydrogen) atoms. The maximum atomic E-state index is 13.6. The Morgan fingerprint density at radius 2 is 1.71 bits per heavy atom. The molecule has 0 bridgehead atoms. The van der Waals surface area contributed by atoms with Gasteiger partial charge in [0.1, 0.15) is 13.2 Å². The molecular weight excluding hydrogens is 460 g/mol. The molecule has 1 saturated heterocycles. The Kier molecular flexibility index (Phi) is 7.04. The topological polar surface area (TPSA) is 59.1 Å². The van der Waals surface area contributed by atoms with Crippen molar-refractivity contribution in [1.29, 1.82) is 0 Å². The van der Waals surface area contributed by atoms with Gasteiger partial charge in [0.15, 0.2) is 11.5 Å². The first-order valence-corrected chi connectivity index (χ1v) is 13.1. The van der Waals surface area contributed by atoms with E-state index in [1.165, 1.54) is 11.3 Å². The van der Waals surface area contributed by atoms with E-state index in [4.69, 9.17) is 9.47 Å². The monoisotopic (exact) mass is 490 g/mol. The SMILES string of the molecule is CCCN(C(=O)c1ccc(-c2ccc3c(c2)OCCO3)s1)C1CCN(C(=O)c2ccccc2)CC1. The third kappa shape index (κ3) is 5.05. The molecule has 6 nitrogen and oxygen atoms in total. The molecule has 182 valence electrons. The number of carbonyl (C=O) groups is 2. The van der Waals surface area contributed by atoms with Crippen molar-refractivity contribution in [1.82, 2.24) is 9.80 Å². The van der Waals surface area contributed by atoms with E-state index in [0.717, 1.165) is 51.6 Å². The third-order valence-electron chi connectivity index (χ3n) is 6.58. The van der Waals surface area contributed by atoms with Crippen LogP contribution in [-0.2, 0) is 0 Å². The molecule has 0 spiro atoms. The summed E-state index contributed by atoms with van der Waals surface area (Å²) in [6.07, 6.45) is 2.49. The molecule has 1 fully saturated rings. The van der Waals surface area contributed by atoms with Gasteiger partial charge in [0, 0.05) is 36.1 Å². The number of piperidine rings is 1. The van der Waals surface area contributed by atoms with Gasteiger partial charge in [-0.15, -0.1) is 11.3 Å². The molecule has 0 unspecified atom stereocenters. The van der Waals surface area contributed by atoms with Crippen LogP contribution in [0.5, 0.6) is 11.5 Å². The van der Waals surface area contributed by atoms with E-state index in [2.05, 4.69) is 6.92 Å². The molecule has 2 aliphatic rings. The van der Waals surface area contributed by atoms with Crippen molar-refractivity contribution in [2.24, 2.45) is 0 Å². The van der Waals surface area contributed by atoms with Crippen molar-refractivity contribution in [2.75, 3.05) is 32.8 Å². The third-order valence-corrected chi connectivity index (χ3v) is 7.70. The average Bonchev–Trinajstić information content (AvgIpc) is 3.42. The molecule has 2 aromatic carbocycles. The van der Waals surface area contributed by atoms with Crippen molar-refractivity contribution in [2.45, 2.75) is 32.2 Å². The van der Waals surface area contributed by atoms with E-state index in [0.29, 0.717) is 32.8 Å². The van der Waals surface area contributed by atoms with Gasteiger partial charge in [-0.25, -0.2) is 0 Å². The summed E-state index contributed by atoms with van der Waals surface area (Å²) < 4.78 is 11.3. The Bertz CT molecular complexity index is 1180. The number of benzene rings is 2. The van der Waals surface area contributed by atoms with Crippen molar-refractivity contribution < 1.29 is 19.1 Å². The van der Waals surface area contributed by atoms with Gasteiger partial charge in [-0.1, -0.05) is 25.1 Å². The van der Waals surface area contributed by atoms with Crippen LogP contribution in [0.4, 0.5) is 0 Å². The molecule has 1 aromatic heterocycles. The number of rotatable bonds is 6. The van der Waals surface area contributed by atoms with E-state index in [1.807, 2.05) is 70.5 Å². The first-order valence-electron chi connectivity index (χ1n) is 12.3. The molecule has 2 aliphatic heterocycles. The van der Waals surface area contributed by atoms with Gasteiger partial charge in [0.05, 0.1) is 4.88 Å². The molecule has 0 saturated carbocycles. The zero-order chi connectivity index (χ0) is 24.2. The van der Waals surface area contributed by atoms with E-state index in [-0.39, 0.29) is 17.9 Å². The van der Waals surface area contributed by atoms with Gasteiger partial charge in [0.2, 0.25) is 0 Å². The van der Waals surface area contributed by atoms with Gasteiger partial charge in [-0.3, -0.25) is 9.59 Å². The standard InChI is InChI=1S/C28H30N2O4S/c1-2-14-30(22-12-15-29(16-13-22)27(31)20-6-4-3-5-7-20)28(32)26-11-10-25(35-26)21-8-9-23-24(19-21)34-18-17-33-23/h3-11,19,22H,2,12-18H2,1H3. The summed E-state index contributed by atoms with van der Waals surface area (Å²) in [5, 5.41) is 0. The molecule has 3 heterocycles. The van der Waals surface area contributed by atoms with Gasteiger partial charge >= 0.3 is 0 Å². The van der Waals surface area contributed by atoms with Crippen molar-refractivity contribution in [3.8, 4) is 21.9 Å². The van der Waals surface area contributed by atoms with Gasteiger partial charge < -0.3 is 19.3 Å². The van der Waals surface area contributed by atoms with Crippen LogP contribution in [0, 0.1) is 0 Å². The number of ether oxygens (including phenoxy) is 2. The predicted molar refractivity (Wildman–Crippen MR) is 137 cm³/mol. The highest BCUT2D eigenvalue weighted by Gasteiger charge is 2.30. The number of amides is 2. The number of fused-ring (bicyclic) bond motifs is 1. The quantitative estimate of drug-likeness (QED) is 0.468. The zero-order valence-corrected chi connectivity index (χ0v) is 20.8. The van der Waals surface area contributed by atoms with Gasteiger partial charge in [0.25, 0.3) is 11.8 Å². The summed E-state index contributed by atoms with van der Waals surface area (Å²) in [7, 11) is 0. The van der Waals surface area contributed by atoms with E-state index < -0.39 is 0 Å². The van der Waals surface area contributed by atoms with Crippen LogP contribution in [0.15, 0.2) is 60.7 Å². The summed E-state index contributed by atoms with van der Waals surface area (Å²) in [5.41, 5.74) is 1.74. The minimum Gasteiger partial charge on any atom is -0.486 e. The molecule has 3 aromatic rings. The van der Waals surface area contributed by atoms with Crippen LogP contribution < -0.4 is 9.47 Å². The summed E-state index contributed by atoms with van der Waals surface area (Å²) in [5.74, 6) is 1.66. The second-order valence-electron chi connectivity index (χ2n) is 8.91. The Morgan fingerprint density at radius 1 is 0.971 bits per heavy atom. The normalized spacial score (nSPS) is 15.6. The Labute approximate surface area is 210 Å². The second-order valence-corrected chi connectivity index (χ2v) is 9.99. The van der Waals surface area contributed by atoms with Crippen LogP contribution in [-0.4, -0.2) is 60.5 Å². The number of hydrogen-bond donors (Lipinski definition) is 0. The van der Waals surface area contributed by atoms with Crippen LogP contribution in [0.25, 0.3) is 10.4 Å². The Hall–Kier alpha value is -3.32. The number of thiophene rings is 1. The minimum atomic E-state index is 0.0692. The molecule has 0 N–H and O–H groups in total. The lowest BCUT2D eigenvalue weighted by Crippen LogP contribution is -2.49. The predicted octanol–water partition coefficient (Wildman–Crippen LogP) is 5.34. The van der Waals surface area contributed by atoms with Gasteiger partial charge in [-0.05, 0) is 67.3 Å². The maximum Gasteiger partial charge on any atom is 0.264 e. The van der Waals surface area contributed by atoms with Crippen LogP contribution >= 0.6 is 11.3 Å². The fourth-order valence-electron chi connectivity index (χ4n) is 4.78. The summed E-state index contributed by atoms with van der Waals surface area (Å²) in [4.78, 5) is 32.1. The average molecular weight is 491 g/mol. The Morgan fingerprint density at radius 3 is 2.46 bits per heavy atom. The van der Waals surface area contributed by atoms with Crippen molar-refractivity contribution in [3.63, 3.8) is 0 Å². The summed E-state index contributed by atoms with van der Waals surface area (Å²) in [6.45, 7) is 5.26. The molecule has 2 amide bonds. The maximum absolute atomic E-state index is 13.6. The fourth-order valence-corrected chi connectivity index (χ4v) is 5.74. The molecule has 7 heteroatoms. The molecule has 0 radical (unpaired) electrons. The lowest BCUT2D eigenvalue weighted by molar-refractivity contribution is 0.0522. The number of nitrogens with zero attached hydrogens (tertiary/aromatic N) is 2. The molecule has 0 atom stereocenters. The highest BCUT2D eigenvalue weighted by Crippen LogP contribution is 2.37. The Balaban J connectivity index is 1.27. The van der Waals surface area contributed by atoms with Crippen molar-refractivity contribution in [3.05, 3.63) is 71.1 Å². The number of hydrogen-bond acceptors (Lipinski definition) is 5. The van der Waals surface area contributed by atoms with E-state index >= 15 is 0 Å². The number of carbonyl (C=O) groups excluding carboxylic acids is 2.